The molecule has 1 amide bonds. The lowest BCUT2D eigenvalue weighted by atomic mass is 10.1. The van der Waals surface area contributed by atoms with Crippen LogP contribution in [0.3, 0.4) is 0 Å². The van der Waals surface area contributed by atoms with Crippen LogP contribution in [0.15, 0.2) is 63.9 Å². The Kier molecular flexibility index (Phi) is 6.68. The molecule has 0 aliphatic carbocycles. The van der Waals surface area contributed by atoms with Crippen molar-refractivity contribution >= 4 is 33.2 Å². The number of nitro groups is 1. The van der Waals surface area contributed by atoms with E-state index in [0.717, 1.165) is 22.2 Å². The van der Waals surface area contributed by atoms with Gasteiger partial charge in [-0.15, -0.1) is 0 Å². The highest BCUT2D eigenvalue weighted by atomic mass is 79.9. The van der Waals surface area contributed by atoms with Gasteiger partial charge >= 0.3 is 5.69 Å². The van der Waals surface area contributed by atoms with Crippen molar-refractivity contribution in [1.29, 1.82) is 0 Å². The van der Waals surface area contributed by atoms with Crippen LogP contribution >= 0.6 is 15.9 Å². The summed E-state index contributed by atoms with van der Waals surface area (Å²) in [6.07, 6.45) is 0.383. The van der Waals surface area contributed by atoms with Crippen LogP contribution in [0.2, 0.25) is 0 Å². The summed E-state index contributed by atoms with van der Waals surface area (Å²) in [4.78, 5) is 34.1. The van der Waals surface area contributed by atoms with E-state index in [1.807, 2.05) is 24.3 Å². The smallest absolute Gasteiger partial charge is 0.306 e. The Morgan fingerprint density at radius 1 is 1.17 bits per heavy atom. The number of amides is 1. The Morgan fingerprint density at radius 2 is 1.90 bits per heavy atom. The zero-order chi connectivity index (χ0) is 21.7. The Bertz CT molecular complexity index is 1150. The summed E-state index contributed by atoms with van der Waals surface area (Å²) in [6.45, 7) is 0.222. The van der Waals surface area contributed by atoms with Crippen molar-refractivity contribution in [1.82, 2.24) is 9.78 Å². The maximum absolute atomic E-state index is 13.4. The number of hydrogen-bond acceptors (Lipinski definition) is 5. The Balaban J connectivity index is 1.61. The van der Waals surface area contributed by atoms with Crippen molar-refractivity contribution in [3.63, 3.8) is 0 Å². The highest BCUT2D eigenvalue weighted by Crippen LogP contribution is 2.22. The fraction of sp³-hybridized carbons (Fsp3) is 0.150. The van der Waals surface area contributed by atoms with Crippen LogP contribution in [-0.4, -0.2) is 20.6 Å². The van der Waals surface area contributed by atoms with E-state index in [0.29, 0.717) is 12.1 Å². The summed E-state index contributed by atoms with van der Waals surface area (Å²) < 4.78 is 15.6. The minimum Gasteiger partial charge on any atom is -0.326 e. The molecular weight excluding hydrogens is 459 g/mol. The van der Waals surface area contributed by atoms with Crippen LogP contribution in [0.25, 0.3) is 11.3 Å². The maximum Gasteiger partial charge on any atom is 0.306 e. The first kappa shape index (κ1) is 21.3. The van der Waals surface area contributed by atoms with Crippen molar-refractivity contribution in [3.8, 4) is 11.3 Å². The molecule has 0 saturated heterocycles. The van der Waals surface area contributed by atoms with Crippen LogP contribution in [0.4, 0.5) is 15.8 Å². The third-order valence-electron chi connectivity index (χ3n) is 4.21. The molecule has 1 heterocycles. The lowest BCUT2D eigenvalue weighted by Gasteiger charge is -2.08. The van der Waals surface area contributed by atoms with Gasteiger partial charge in [0.2, 0.25) is 11.7 Å². The molecule has 0 atom stereocenters. The van der Waals surface area contributed by atoms with Crippen molar-refractivity contribution in [2.24, 2.45) is 0 Å². The number of aromatic nitrogens is 2. The van der Waals surface area contributed by atoms with Crippen molar-refractivity contribution in [2.75, 3.05) is 5.32 Å². The molecule has 0 unspecified atom stereocenters. The number of benzene rings is 2. The van der Waals surface area contributed by atoms with Gasteiger partial charge in [-0.1, -0.05) is 28.1 Å². The number of rotatable bonds is 7. The molecule has 8 nitrogen and oxygen atoms in total. The molecule has 30 heavy (non-hydrogen) atoms. The Labute approximate surface area is 178 Å². The summed E-state index contributed by atoms with van der Waals surface area (Å²) in [6, 6.07) is 13.7. The third kappa shape index (κ3) is 5.35. The zero-order valence-electron chi connectivity index (χ0n) is 15.5. The lowest BCUT2D eigenvalue weighted by molar-refractivity contribution is -0.387. The average molecular weight is 475 g/mol. The quantitative estimate of drug-likeness (QED) is 0.408. The van der Waals surface area contributed by atoms with Gasteiger partial charge in [0.15, 0.2) is 0 Å². The highest BCUT2D eigenvalue weighted by Gasteiger charge is 2.15. The second kappa shape index (κ2) is 9.40. The van der Waals surface area contributed by atoms with Gasteiger partial charge in [-0.3, -0.25) is 19.7 Å². The van der Waals surface area contributed by atoms with E-state index in [1.165, 1.54) is 16.8 Å². The fourth-order valence-electron chi connectivity index (χ4n) is 2.73. The van der Waals surface area contributed by atoms with E-state index in [-0.39, 0.29) is 24.2 Å². The first-order valence-electron chi connectivity index (χ1n) is 8.91. The minimum absolute atomic E-state index is 0.0573. The normalized spacial score (nSPS) is 10.6. The van der Waals surface area contributed by atoms with Crippen molar-refractivity contribution in [2.45, 2.75) is 19.4 Å². The van der Waals surface area contributed by atoms with Gasteiger partial charge in [-0.2, -0.15) is 9.49 Å². The molecule has 10 heteroatoms. The third-order valence-corrected chi connectivity index (χ3v) is 4.74. The molecule has 3 rings (SSSR count). The molecule has 3 aromatic rings. The minimum atomic E-state index is -0.978. The molecule has 0 spiro atoms. The second-order valence-corrected chi connectivity index (χ2v) is 7.28. The van der Waals surface area contributed by atoms with Crippen LogP contribution in [0.1, 0.15) is 12.8 Å². The number of anilines is 1. The number of hydrogen-bond donors (Lipinski definition) is 1. The van der Waals surface area contributed by atoms with E-state index >= 15 is 0 Å². The number of nitro benzene ring substituents is 1. The lowest BCUT2D eigenvalue weighted by Crippen LogP contribution is -2.23. The first-order chi connectivity index (χ1) is 14.3. The molecule has 1 aromatic heterocycles. The standard InChI is InChI=1S/C20H16BrFN4O4/c21-14-5-3-13(4-6-14)17-9-10-20(28)25(24-17)11-1-2-19(27)23-15-7-8-16(22)18(12-15)26(29)30/h3-10,12H,1-2,11H2,(H,23,27). The zero-order valence-corrected chi connectivity index (χ0v) is 17.1. The van der Waals surface area contributed by atoms with E-state index in [9.17, 15) is 24.1 Å². The van der Waals surface area contributed by atoms with E-state index in [1.54, 1.807) is 6.07 Å². The van der Waals surface area contributed by atoms with Gasteiger partial charge in [0.25, 0.3) is 5.56 Å². The molecule has 0 aliphatic rings. The Morgan fingerprint density at radius 3 is 2.60 bits per heavy atom. The molecule has 0 radical (unpaired) electrons. The number of carbonyl (C=O) groups is 1. The monoisotopic (exact) mass is 474 g/mol. The number of aryl methyl sites for hydroxylation is 1. The van der Waals surface area contributed by atoms with Crippen molar-refractivity contribution in [3.05, 3.63) is 85.4 Å². The molecule has 1 N–H and O–H groups in total. The van der Waals surface area contributed by atoms with Gasteiger partial charge in [0.1, 0.15) is 0 Å². The predicted octanol–water partition coefficient (Wildman–Crippen LogP) is 4.14. The summed E-state index contributed by atoms with van der Waals surface area (Å²) in [5, 5.41) is 17.6. The average Bonchev–Trinajstić information content (AvgIpc) is 2.71. The predicted molar refractivity (Wildman–Crippen MR) is 113 cm³/mol. The van der Waals surface area contributed by atoms with Crippen LogP contribution in [-0.2, 0) is 11.3 Å². The molecule has 2 aromatic carbocycles. The molecule has 154 valence electrons. The summed E-state index contributed by atoms with van der Waals surface area (Å²) in [5.74, 6) is -1.39. The highest BCUT2D eigenvalue weighted by molar-refractivity contribution is 9.10. The van der Waals surface area contributed by atoms with Gasteiger partial charge in [-0.25, -0.2) is 4.68 Å². The van der Waals surface area contributed by atoms with Crippen molar-refractivity contribution < 1.29 is 14.1 Å². The molecule has 0 saturated carbocycles. The number of halogens is 2. The van der Waals surface area contributed by atoms with E-state index in [4.69, 9.17) is 0 Å². The van der Waals surface area contributed by atoms with E-state index in [2.05, 4.69) is 26.3 Å². The van der Waals surface area contributed by atoms with Gasteiger partial charge in [-0.05, 0) is 36.8 Å². The van der Waals surface area contributed by atoms with Crippen LogP contribution in [0.5, 0.6) is 0 Å². The van der Waals surface area contributed by atoms with Crippen LogP contribution < -0.4 is 10.9 Å². The molecule has 0 aliphatic heterocycles. The van der Waals surface area contributed by atoms with Gasteiger partial charge < -0.3 is 5.32 Å². The largest absolute Gasteiger partial charge is 0.326 e. The number of nitrogens with zero attached hydrogens (tertiary/aromatic N) is 3. The Hall–Kier alpha value is -3.40. The summed E-state index contributed by atoms with van der Waals surface area (Å²) in [7, 11) is 0. The first-order valence-corrected chi connectivity index (χ1v) is 9.71. The topological polar surface area (TPSA) is 107 Å². The molecule has 0 bridgehead atoms. The van der Waals surface area contributed by atoms with Crippen LogP contribution in [0, 0.1) is 15.9 Å². The fourth-order valence-corrected chi connectivity index (χ4v) is 2.99. The van der Waals surface area contributed by atoms with Gasteiger partial charge in [0, 0.05) is 40.8 Å². The molecule has 0 fully saturated rings. The number of nitrogens with one attached hydrogen (secondary N) is 1. The van der Waals surface area contributed by atoms with E-state index < -0.39 is 22.3 Å². The summed E-state index contributed by atoms with van der Waals surface area (Å²) in [5.41, 5.74) is 0.604. The number of carbonyl (C=O) groups excluding carboxylic acids is 1. The molecular formula is C20H16BrFN4O4. The second-order valence-electron chi connectivity index (χ2n) is 6.36. The summed E-state index contributed by atoms with van der Waals surface area (Å²) >= 11 is 3.36. The SMILES string of the molecule is O=C(CCCn1nc(-c2ccc(Br)cc2)ccc1=O)Nc1ccc(F)c([N+](=O)[O-])c1. The van der Waals surface area contributed by atoms with Gasteiger partial charge in [0.05, 0.1) is 10.6 Å². The maximum atomic E-state index is 13.4.